The van der Waals surface area contributed by atoms with Crippen LogP contribution in [0.3, 0.4) is 0 Å². The number of nitrogens with one attached hydrogen (secondary N) is 1. The number of nitrogens with zero attached hydrogens (tertiary/aromatic N) is 3. The molecule has 1 heterocycles. The molecule has 0 bridgehead atoms. The summed E-state index contributed by atoms with van der Waals surface area (Å²) in [7, 11) is 0. The summed E-state index contributed by atoms with van der Waals surface area (Å²) in [6, 6.07) is 1.12. The second kappa shape index (κ2) is 6.07. The Labute approximate surface area is 121 Å². The molecule has 5 heteroatoms. The number of anilines is 1. The molecule has 0 amide bonds. The molecule has 1 aliphatic carbocycles. The second-order valence-corrected chi connectivity index (χ2v) is 6.33. The molecule has 1 fully saturated rings. The molecule has 1 N–H and O–H groups in total. The molecule has 0 spiro atoms. The van der Waals surface area contributed by atoms with Crippen LogP contribution in [0.5, 0.6) is 0 Å². The molecule has 1 aromatic heterocycles. The van der Waals surface area contributed by atoms with Crippen molar-refractivity contribution in [3.8, 4) is 0 Å². The van der Waals surface area contributed by atoms with Gasteiger partial charge < -0.3 is 4.90 Å². The van der Waals surface area contributed by atoms with Crippen molar-refractivity contribution in [2.24, 2.45) is 5.92 Å². The van der Waals surface area contributed by atoms with E-state index in [0.717, 1.165) is 30.1 Å². The van der Waals surface area contributed by atoms with Gasteiger partial charge in [-0.1, -0.05) is 27.7 Å². The summed E-state index contributed by atoms with van der Waals surface area (Å²) in [5.74, 6) is 1.67. The first-order valence-corrected chi connectivity index (χ1v) is 7.92. The number of H-pyrrole nitrogens is 1. The van der Waals surface area contributed by atoms with Crippen LogP contribution in [0.2, 0.25) is 0 Å². The highest BCUT2D eigenvalue weighted by Gasteiger charge is 2.31. The average molecular weight is 282 g/mol. The van der Waals surface area contributed by atoms with Gasteiger partial charge >= 0.3 is 0 Å². The quantitative estimate of drug-likeness (QED) is 0.770. The van der Waals surface area contributed by atoms with Gasteiger partial charge in [-0.25, -0.2) is 5.10 Å². The minimum Gasteiger partial charge on any atom is -0.338 e. The molecule has 0 atom stereocenters. The van der Waals surface area contributed by atoms with Crippen molar-refractivity contribution in [2.75, 3.05) is 11.4 Å². The minimum atomic E-state index is 0.546. The van der Waals surface area contributed by atoms with Crippen LogP contribution in [-0.4, -0.2) is 27.4 Å². The predicted molar refractivity (Wildman–Crippen MR) is 82.2 cm³/mol. The molecule has 108 valence electrons. The number of hydrogen-bond donors (Lipinski definition) is 1. The molecule has 0 saturated heterocycles. The van der Waals surface area contributed by atoms with Crippen LogP contribution in [0, 0.1) is 10.7 Å². The van der Waals surface area contributed by atoms with E-state index in [-0.39, 0.29) is 0 Å². The van der Waals surface area contributed by atoms with E-state index in [1.807, 2.05) is 0 Å². The van der Waals surface area contributed by atoms with Crippen molar-refractivity contribution < 1.29 is 0 Å². The summed E-state index contributed by atoms with van der Waals surface area (Å²) in [5.41, 5.74) is 0. The summed E-state index contributed by atoms with van der Waals surface area (Å²) < 4.78 is 3.01. The molecule has 0 aliphatic heterocycles. The molecule has 0 radical (unpaired) electrons. The maximum absolute atomic E-state index is 5.40. The van der Waals surface area contributed by atoms with Crippen molar-refractivity contribution in [3.05, 3.63) is 4.77 Å². The summed E-state index contributed by atoms with van der Waals surface area (Å²) in [6.45, 7) is 10.1. The predicted octanol–water partition coefficient (Wildman–Crippen LogP) is 3.93. The van der Waals surface area contributed by atoms with Crippen molar-refractivity contribution in [1.82, 2.24) is 14.8 Å². The van der Waals surface area contributed by atoms with E-state index in [2.05, 4.69) is 47.4 Å². The third kappa shape index (κ3) is 3.19. The molecule has 19 heavy (non-hydrogen) atoms. The van der Waals surface area contributed by atoms with E-state index in [9.17, 15) is 0 Å². The fraction of sp³-hybridized carbons (Fsp3) is 0.857. The highest BCUT2D eigenvalue weighted by Crippen LogP contribution is 2.38. The Balaban J connectivity index is 2.34. The molecular formula is C14H26N4S. The standard InChI is InChI=1S/C14H26N4S/c1-5-11(6-2)17(9-10(3)4)13-15-16-14(19)18(13)12-7-8-12/h10-12H,5-9H2,1-4H3,(H,16,19). The maximum atomic E-state index is 5.40. The largest absolute Gasteiger partial charge is 0.338 e. The van der Waals surface area contributed by atoms with Gasteiger partial charge in [0, 0.05) is 18.6 Å². The van der Waals surface area contributed by atoms with Crippen molar-refractivity contribution in [2.45, 2.75) is 65.5 Å². The van der Waals surface area contributed by atoms with Crippen molar-refractivity contribution in [3.63, 3.8) is 0 Å². The highest BCUT2D eigenvalue weighted by molar-refractivity contribution is 7.71. The van der Waals surface area contributed by atoms with Gasteiger partial charge in [0.25, 0.3) is 0 Å². The van der Waals surface area contributed by atoms with Gasteiger partial charge in [0.15, 0.2) is 4.77 Å². The van der Waals surface area contributed by atoms with Gasteiger partial charge in [0.2, 0.25) is 5.95 Å². The first-order valence-electron chi connectivity index (χ1n) is 7.51. The molecule has 2 rings (SSSR count). The lowest BCUT2D eigenvalue weighted by atomic mass is 10.1. The van der Waals surface area contributed by atoms with E-state index in [4.69, 9.17) is 12.2 Å². The number of aromatic amines is 1. The van der Waals surface area contributed by atoms with Gasteiger partial charge in [-0.2, -0.15) is 0 Å². The van der Waals surface area contributed by atoms with Gasteiger partial charge in [-0.05, 0) is 43.8 Å². The maximum Gasteiger partial charge on any atom is 0.226 e. The van der Waals surface area contributed by atoms with E-state index in [1.165, 1.54) is 12.8 Å². The average Bonchev–Trinajstić information content (AvgIpc) is 3.12. The monoisotopic (exact) mass is 282 g/mol. The van der Waals surface area contributed by atoms with Crippen LogP contribution in [0.15, 0.2) is 0 Å². The third-order valence-corrected chi connectivity index (χ3v) is 4.09. The van der Waals surface area contributed by atoms with E-state index >= 15 is 0 Å². The van der Waals surface area contributed by atoms with E-state index in [0.29, 0.717) is 18.0 Å². The van der Waals surface area contributed by atoms with Crippen LogP contribution in [0.25, 0.3) is 0 Å². The van der Waals surface area contributed by atoms with Crippen molar-refractivity contribution in [1.29, 1.82) is 0 Å². The van der Waals surface area contributed by atoms with E-state index in [1.54, 1.807) is 0 Å². The van der Waals surface area contributed by atoms with Gasteiger partial charge in [0.05, 0.1) is 0 Å². The smallest absolute Gasteiger partial charge is 0.226 e. The zero-order chi connectivity index (χ0) is 14.0. The molecule has 0 aromatic carbocycles. The zero-order valence-corrected chi connectivity index (χ0v) is 13.3. The fourth-order valence-electron chi connectivity index (χ4n) is 2.68. The second-order valence-electron chi connectivity index (χ2n) is 5.95. The van der Waals surface area contributed by atoms with Gasteiger partial charge in [0.1, 0.15) is 0 Å². The normalized spacial score (nSPS) is 15.5. The molecular weight excluding hydrogens is 256 g/mol. The van der Waals surface area contributed by atoms with Crippen LogP contribution >= 0.6 is 12.2 Å². The Kier molecular flexibility index (Phi) is 4.66. The molecule has 1 saturated carbocycles. The first-order chi connectivity index (χ1) is 9.08. The first kappa shape index (κ1) is 14.6. The van der Waals surface area contributed by atoms with Crippen LogP contribution in [-0.2, 0) is 0 Å². The van der Waals surface area contributed by atoms with Crippen molar-refractivity contribution >= 4 is 18.2 Å². The number of aromatic nitrogens is 3. The van der Waals surface area contributed by atoms with Gasteiger partial charge in [-0.3, -0.25) is 4.57 Å². The molecule has 4 nitrogen and oxygen atoms in total. The van der Waals surface area contributed by atoms with Crippen LogP contribution < -0.4 is 4.90 Å². The lowest BCUT2D eigenvalue weighted by Crippen LogP contribution is -2.39. The van der Waals surface area contributed by atoms with E-state index < -0.39 is 0 Å². The lowest BCUT2D eigenvalue weighted by molar-refractivity contribution is 0.488. The SMILES string of the molecule is CCC(CC)N(CC(C)C)c1n[nH]c(=S)n1C1CC1. The van der Waals surface area contributed by atoms with Crippen LogP contribution in [0.4, 0.5) is 5.95 Å². The number of rotatable bonds is 7. The Bertz CT molecular complexity index is 454. The Hall–Kier alpha value is -0.840. The lowest BCUT2D eigenvalue weighted by Gasteiger charge is -2.33. The summed E-state index contributed by atoms with van der Waals surface area (Å²) in [5, 5.41) is 7.51. The highest BCUT2D eigenvalue weighted by atomic mass is 32.1. The molecule has 1 aliphatic rings. The Morgan fingerprint density at radius 3 is 2.47 bits per heavy atom. The zero-order valence-electron chi connectivity index (χ0n) is 12.5. The summed E-state index contributed by atoms with van der Waals surface area (Å²) in [4.78, 5) is 2.45. The Morgan fingerprint density at radius 2 is 2.00 bits per heavy atom. The summed E-state index contributed by atoms with van der Waals surface area (Å²) in [6.07, 6.45) is 4.76. The summed E-state index contributed by atoms with van der Waals surface area (Å²) >= 11 is 5.40. The molecule has 0 unspecified atom stereocenters. The van der Waals surface area contributed by atoms with Crippen LogP contribution in [0.1, 0.15) is 59.4 Å². The number of hydrogen-bond acceptors (Lipinski definition) is 3. The third-order valence-electron chi connectivity index (χ3n) is 3.80. The Morgan fingerprint density at radius 1 is 1.37 bits per heavy atom. The van der Waals surface area contributed by atoms with Gasteiger partial charge in [-0.15, -0.1) is 5.10 Å². The topological polar surface area (TPSA) is 36.9 Å². The minimum absolute atomic E-state index is 0.546. The molecule has 1 aromatic rings. The fourth-order valence-corrected chi connectivity index (χ4v) is 2.95.